The monoisotopic (exact) mass is 252 g/mol. The van der Waals surface area contributed by atoms with Crippen molar-refractivity contribution in [2.24, 2.45) is 0 Å². The lowest BCUT2D eigenvalue weighted by molar-refractivity contribution is 0.273. The van der Waals surface area contributed by atoms with Gasteiger partial charge in [-0.3, -0.25) is 13.7 Å². The van der Waals surface area contributed by atoms with Crippen LogP contribution < -0.4 is 5.69 Å². The fourth-order valence-corrected chi connectivity index (χ4v) is 0.792. The van der Waals surface area contributed by atoms with Gasteiger partial charge in [-0.1, -0.05) is 0 Å². The van der Waals surface area contributed by atoms with Gasteiger partial charge in [0.1, 0.15) is 0 Å². The molecule has 0 aromatic carbocycles. The first-order valence-corrected chi connectivity index (χ1v) is 5.48. The Bertz CT molecular complexity index is 472. The molecule has 1 aromatic heterocycles. The molecule has 92 valence electrons. The Morgan fingerprint density at radius 1 is 1.44 bits per heavy atom. The van der Waals surface area contributed by atoms with Gasteiger partial charge in [0, 0.05) is 11.9 Å². The summed E-state index contributed by atoms with van der Waals surface area (Å²) in [6.07, 6.45) is 1.63. The number of rotatable bonds is 2. The summed E-state index contributed by atoms with van der Waals surface area (Å²) >= 11 is 0. The Kier molecular flexibility index (Phi) is 5.82. The van der Waals surface area contributed by atoms with Crippen molar-refractivity contribution in [2.45, 2.75) is 13.5 Å². The molecule has 8 nitrogen and oxygen atoms in total. The molecule has 0 spiro atoms. The average Bonchev–Trinajstić information content (AvgIpc) is 2.07. The summed E-state index contributed by atoms with van der Waals surface area (Å²) in [5.41, 5.74) is 0.392. The third-order valence-electron chi connectivity index (χ3n) is 1.35. The van der Waals surface area contributed by atoms with E-state index >= 15 is 0 Å². The molecule has 9 heteroatoms. The van der Waals surface area contributed by atoms with Crippen molar-refractivity contribution in [3.05, 3.63) is 28.4 Å². The van der Waals surface area contributed by atoms with Crippen LogP contribution in [0.5, 0.6) is 0 Å². The van der Waals surface area contributed by atoms with E-state index in [1.807, 2.05) is 0 Å². The molecule has 0 fully saturated rings. The van der Waals surface area contributed by atoms with Gasteiger partial charge in [-0.15, -0.1) is 0 Å². The fourth-order valence-electron chi connectivity index (χ4n) is 0.792. The molecule has 0 aliphatic carbocycles. The molecule has 0 unspecified atom stereocenters. The Hall–Kier alpha value is -1.29. The lowest BCUT2D eigenvalue weighted by Crippen LogP contribution is -2.24. The van der Waals surface area contributed by atoms with E-state index in [1.54, 1.807) is 19.2 Å². The molecular formula is C7H12N2O6S. The van der Waals surface area contributed by atoms with E-state index in [-0.39, 0.29) is 12.3 Å². The largest absolute Gasteiger partial charge is 0.395 e. The van der Waals surface area contributed by atoms with Crippen LogP contribution in [0.2, 0.25) is 0 Å². The molecule has 0 bridgehead atoms. The van der Waals surface area contributed by atoms with Crippen LogP contribution in [0.1, 0.15) is 5.69 Å². The van der Waals surface area contributed by atoms with Crippen LogP contribution in [0, 0.1) is 6.92 Å². The van der Waals surface area contributed by atoms with E-state index in [1.165, 1.54) is 4.57 Å². The predicted octanol–water partition coefficient (Wildman–Crippen LogP) is -1.11. The number of aliphatic hydroxyl groups is 1. The van der Waals surface area contributed by atoms with Crippen molar-refractivity contribution in [1.82, 2.24) is 9.55 Å². The van der Waals surface area contributed by atoms with E-state index in [0.717, 1.165) is 0 Å². The highest BCUT2D eigenvalue weighted by Gasteiger charge is 1.94. The van der Waals surface area contributed by atoms with Crippen molar-refractivity contribution in [3.8, 4) is 0 Å². The molecule has 0 radical (unpaired) electrons. The first-order valence-electron chi connectivity index (χ1n) is 4.09. The van der Waals surface area contributed by atoms with Gasteiger partial charge in [-0.2, -0.15) is 13.4 Å². The zero-order valence-electron chi connectivity index (χ0n) is 8.44. The quantitative estimate of drug-likeness (QED) is 0.569. The maximum atomic E-state index is 11.0. The zero-order chi connectivity index (χ0) is 12.8. The van der Waals surface area contributed by atoms with Crippen molar-refractivity contribution >= 4 is 10.4 Å². The highest BCUT2D eigenvalue weighted by Crippen LogP contribution is 1.85. The number of hydrogen-bond acceptors (Lipinski definition) is 5. The summed E-state index contributed by atoms with van der Waals surface area (Å²) in [7, 11) is -4.67. The minimum absolute atomic E-state index is 0.0371. The summed E-state index contributed by atoms with van der Waals surface area (Å²) in [5.74, 6) is 0. The van der Waals surface area contributed by atoms with Crippen LogP contribution in [0.3, 0.4) is 0 Å². The Labute approximate surface area is 91.8 Å². The highest BCUT2D eigenvalue weighted by atomic mass is 32.3. The first kappa shape index (κ1) is 14.7. The van der Waals surface area contributed by atoms with Crippen LogP contribution >= 0.6 is 0 Å². The van der Waals surface area contributed by atoms with Gasteiger partial charge in [0.2, 0.25) is 0 Å². The molecule has 0 atom stereocenters. The smallest absolute Gasteiger partial charge is 0.394 e. The van der Waals surface area contributed by atoms with Gasteiger partial charge in [-0.25, -0.2) is 4.79 Å². The predicted molar refractivity (Wildman–Crippen MR) is 54.5 cm³/mol. The number of nitrogens with zero attached hydrogens (tertiary/aromatic N) is 2. The standard InChI is InChI=1S/C7H10N2O2.H2O4S/c1-6-2-3-9(4-5-10)7(11)8-6;1-5(2,3)4/h2-3,10H,4-5H2,1H3;(H2,1,2,3,4). The summed E-state index contributed by atoms with van der Waals surface area (Å²) in [6.45, 7) is 2.03. The van der Waals surface area contributed by atoms with Gasteiger partial charge in [-0.05, 0) is 13.0 Å². The number of aliphatic hydroxyl groups excluding tert-OH is 1. The molecule has 3 N–H and O–H groups in total. The van der Waals surface area contributed by atoms with E-state index in [9.17, 15) is 4.79 Å². The molecule has 16 heavy (non-hydrogen) atoms. The number of hydrogen-bond donors (Lipinski definition) is 3. The minimum atomic E-state index is -4.67. The van der Waals surface area contributed by atoms with Gasteiger partial charge in [0.05, 0.1) is 13.2 Å². The van der Waals surface area contributed by atoms with Crippen molar-refractivity contribution in [3.63, 3.8) is 0 Å². The topological polar surface area (TPSA) is 130 Å². The maximum Gasteiger partial charge on any atom is 0.394 e. The molecule has 1 heterocycles. The average molecular weight is 252 g/mol. The summed E-state index contributed by atoms with van der Waals surface area (Å²) in [4.78, 5) is 14.7. The Morgan fingerprint density at radius 3 is 2.31 bits per heavy atom. The van der Waals surface area contributed by atoms with Crippen LogP contribution in [0.4, 0.5) is 0 Å². The van der Waals surface area contributed by atoms with E-state index in [2.05, 4.69) is 4.98 Å². The SMILES string of the molecule is Cc1ccn(CCO)c(=O)n1.O=S(=O)(O)O. The summed E-state index contributed by atoms with van der Waals surface area (Å²) in [6, 6.07) is 1.73. The Balaban J connectivity index is 0.000000385. The zero-order valence-corrected chi connectivity index (χ0v) is 9.25. The molecular weight excluding hydrogens is 240 g/mol. The molecule has 0 aliphatic heterocycles. The van der Waals surface area contributed by atoms with Gasteiger partial charge >= 0.3 is 16.1 Å². The molecule has 0 saturated carbocycles. The normalized spacial score (nSPS) is 10.5. The van der Waals surface area contributed by atoms with E-state index < -0.39 is 10.4 Å². The first-order chi connectivity index (χ1) is 7.24. The lowest BCUT2D eigenvalue weighted by atomic mass is 10.4. The molecule has 1 rings (SSSR count). The van der Waals surface area contributed by atoms with Crippen molar-refractivity contribution < 1.29 is 22.6 Å². The summed E-state index contributed by atoms with van der Waals surface area (Å²) < 4.78 is 33.0. The minimum Gasteiger partial charge on any atom is -0.395 e. The maximum absolute atomic E-state index is 11.0. The second kappa shape index (κ2) is 6.33. The van der Waals surface area contributed by atoms with Gasteiger partial charge in [0.25, 0.3) is 0 Å². The van der Waals surface area contributed by atoms with Crippen molar-refractivity contribution in [1.29, 1.82) is 0 Å². The van der Waals surface area contributed by atoms with Crippen molar-refractivity contribution in [2.75, 3.05) is 6.61 Å². The molecule has 0 saturated heterocycles. The van der Waals surface area contributed by atoms with Gasteiger partial charge in [0.15, 0.2) is 0 Å². The van der Waals surface area contributed by atoms with Crippen LogP contribution in [-0.2, 0) is 16.9 Å². The van der Waals surface area contributed by atoms with E-state index in [0.29, 0.717) is 12.2 Å². The number of aromatic nitrogens is 2. The number of aryl methyl sites for hydroxylation is 1. The second-order valence-corrected chi connectivity index (χ2v) is 3.61. The highest BCUT2D eigenvalue weighted by molar-refractivity contribution is 7.79. The van der Waals surface area contributed by atoms with Crippen LogP contribution in [0.25, 0.3) is 0 Å². The second-order valence-electron chi connectivity index (χ2n) is 2.72. The van der Waals surface area contributed by atoms with Crippen LogP contribution in [-0.4, -0.2) is 38.8 Å². The third kappa shape index (κ3) is 8.05. The summed E-state index contributed by atoms with van der Waals surface area (Å²) in [5, 5.41) is 8.53. The molecule has 1 aromatic rings. The van der Waals surface area contributed by atoms with Crippen LogP contribution in [0.15, 0.2) is 17.1 Å². The third-order valence-corrected chi connectivity index (χ3v) is 1.35. The Morgan fingerprint density at radius 2 is 1.94 bits per heavy atom. The molecule has 0 aliphatic rings. The fraction of sp³-hybridized carbons (Fsp3) is 0.429. The van der Waals surface area contributed by atoms with Gasteiger partial charge < -0.3 is 5.11 Å². The van der Waals surface area contributed by atoms with E-state index in [4.69, 9.17) is 22.6 Å². The molecule has 0 amide bonds. The lowest BCUT2D eigenvalue weighted by Gasteiger charge is -2.00.